The van der Waals surface area contributed by atoms with E-state index in [9.17, 15) is 0 Å². The summed E-state index contributed by atoms with van der Waals surface area (Å²) < 4.78 is 3.34. The number of likely N-dealkylation sites (N-methyl/N-ethyl adjacent to an activating group) is 2. The Kier molecular flexibility index (Phi) is 4.86. The summed E-state index contributed by atoms with van der Waals surface area (Å²) in [6.07, 6.45) is 2.12. The lowest BCUT2D eigenvalue weighted by Crippen LogP contribution is -2.20. The summed E-state index contributed by atoms with van der Waals surface area (Å²) in [6, 6.07) is 4.37. The predicted molar refractivity (Wildman–Crippen MR) is 109 cm³/mol. The van der Waals surface area contributed by atoms with Crippen LogP contribution in [0.5, 0.6) is 0 Å². The lowest BCUT2D eigenvalue weighted by molar-refractivity contribution is 0.304. The highest BCUT2D eigenvalue weighted by Crippen LogP contribution is 2.40. The van der Waals surface area contributed by atoms with Gasteiger partial charge in [-0.25, -0.2) is 0 Å². The van der Waals surface area contributed by atoms with Crippen LogP contribution in [0.25, 0.3) is 15.5 Å². The molecule has 3 rings (SSSR count). The Morgan fingerprint density at radius 2 is 2.00 bits per heavy atom. The second kappa shape index (κ2) is 6.54. The zero-order chi connectivity index (χ0) is 15.9. The average Bonchev–Trinajstić information content (AvgIpc) is 3.09. The highest BCUT2D eigenvalue weighted by Gasteiger charge is 2.25. The Bertz CT molecular complexity index is 744. The van der Waals surface area contributed by atoms with Crippen molar-refractivity contribution in [2.24, 2.45) is 0 Å². The standard InChI is InChI=1S/C14H14N2OS5/c1-15(3-4-17)12-7-10-9(21-12)5-8(20-10)6-11-13(18)16(2)14(19)22-11/h5-7,17H,3-4H2,1-2H3/b11-6-. The molecule has 0 amide bonds. The number of nitrogens with zero attached hydrogens (tertiary/aromatic N) is 2. The van der Waals surface area contributed by atoms with E-state index in [0.29, 0.717) is 6.54 Å². The van der Waals surface area contributed by atoms with Crippen LogP contribution in [-0.4, -0.2) is 46.6 Å². The molecule has 0 unspecified atom stereocenters. The minimum atomic E-state index is 0.168. The molecule has 1 aliphatic heterocycles. The highest BCUT2D eigenvalue weighted by atomic mass is 32.2. The summed E-state index contributed by atoms with van der Waals surface area (Å²) in [4.78, 5) is 6.99. The molecule has 3 heterocycles. The normalized spacial score (nSPS) is 17.2. The monoisotopic (exact) mass is 386 g/mol. The van der Waals surface area contributed by atoms with Crippen LogP contribution in [0, 0.1) is 0 Å². The van der Waals surface area contributed by atoms with Gasteiger partial charge in [-0.1, -0.05) is 36.2 Å². The predicted octanol–water partition coefficient (Wildman–Crippen LogP) is 4.02. The maximum atomic E-state index is 9.02. The molecule has 22 heavy (non-hydrogen) atoms. The molecule has 0 radical (unpaired) electrons. The quantitative estimate of drug-likeness (QED) is 0.630. The van der Waals surface area contributed by atoms with Gasteiger partial charge in [-0.3, -0.25) is 0 Å². The van der Waals surface area contributed by atoms with Crippen molar-refractivity contribution in [2.45, 2.75) is 0 Å². The molecule has 2 aromatic heterocycles. The molecule has 8 heteroatoms. The number of hydrogen-bond donors (Lipinski definition) is 1. The third kappa shape index (κ3) is 3.08. The molecule has 1 aliphatic rings. The average molecular weight is 387 g/mol. The molecule has 0 atom stereocenters. The smallest absolute Gasteiger partial charge is 0.146 e. The van der Waals surface area contributed by atoms with E-state index in [1.165, 1.54) is 19.3 Å². The van der Waals surface area contributed by atoms with E-state index in [-0.39, 0.29) is 6.61 Å². The van der Waals surface area contributed by atoms with Crippen molar-refractivity contribution in [3.05, 3.63) is 21.9 Å². The SMILES string of the molecule is CN1C(=S)S/C(=C\c2cc3sc(N(C)CCO)cc3s2)C1=S. The van der Waals surface area contributed by atoms with Crippen LogP contribution < -0.4 is 4.90 Å². The van der Waals surface area contributed by atoms with Gasteiger partial charge >= 0.3 is 0 Å². The minimum absolute atomic E-state index is 0.168. The Balaban J connectivity index is 1.86. The van der Waals surface area contributed by atoms with Crippen LogP contribution >= 0.6 is 58.9 Å². The van der Waals surface area contributed by atoms with Gasteiger partial charge in [0.25, 0.3) is 0 Å². The number of hydrogen-bond acceptors (Lipinski definition) is 7. The lowest BCUT2D eigenvalue weighted by Gasteiger charge is -2.14. The Morgan fingerprint density at radius 1 is 1.27 bits per heavy atom. The van der Waals surface area contributed by atoms with E-state index in [1.807, 2.05) is 19.0 Å². The van der Waals surface area contributed by atoms with E-state index in [0.717, 1.165) is 14.2 Å². The van der Waals surface area contributed by atoms with Crippen molar-refractivity contribution in [1.82, 2.24) is 4.90 Å². The first kappa shape index (κ1) is 16.4. The molecule has 0 spiro atoms. The molecule has 3 nitrogen and oxygen atoms in total. The molecular weight excluding hydrogens is 373 g/mol. The maximum absolute atomic E-state index is 9.02. The van der Waals surface area contributed by atoms with Gasteiger partial charge in [-0.15, -0.1) is 22.7 Å². The van der Waals surface area contributed by atoms with Gasteiger partial charge in [-0.2, -0.15) is 0 Å². The number of rotatable bonds is 4. The maximum Gasteiger partial charge on any atom is 0.146 e. The van der Waals surface area contributed by atoms with Gasteiger partial charge < -0.3 is 14.9 Å². The second-order valence-corrected chi connectivity index (χ2v) is 9.09. The van der Waals surface area contributed by atoms with E-state index in [2.05, 4.69) is 23.1 Å². The summed E-state index contributed by atoms with van der Waals surface area (Å²) in [5.41, 5.74) is 0. The van der Waals surface area contributed by atoms with Gasteiger partial charge in [0.05, 0.1) is 16.5 Å². The number of thiocarbonyl (C=S) groups is 2. The van der Waals surface area contributed by atoms with Gasteiger partial charge in [0.2, 0.25) is 0 Å². The van der Waals surface area contributed by atoms with Gasteiger partial charge in [0, 0.05) is 34.9 Å². The molecule has 1 N–H and O–H groups in total. The topological polar surface area (TPSA) is 26.7 Å². The summed E-state index contributed by atoms with van der Waals surface area (Å²) in [7, 11) is 3.91. The number of fused-ring (bicyclic) bond motifs is 1. The first-order chi connectivity index (χ1) is 10.5. The van der Waals surface area contributed by atoms with Crippen molar-refractivity contribution >= 4 is 88.7 Å². The summed E-state index contributed by atoms with van der Waals surface area (Å²) in [5.74, 6) is 0. The number of thioether (sulfide) groups is 1. The molecule has 0 saturated carbocycles. The summed E-state index contributed by atoms with van der Waals surface area (Å²) in [5, 5.41) is 10.2. The van der Waals surface area contributed by atoms with Crippen LogP contribution in [0.3, 0.4) is 0 Å². The lowest BCUT2D eigenvalue weighted by atomic mass is 10.4. The first-order valence-corrected chi connectivity index (χ1v) is 9.83. The van der Waals surface area contributed by atoms with Crippen LogP contribution in [0.4, 0.5) is 5.00 Å². The van der Waals surface area contributed by atoms with E-state index < -0.39 is 0 Å². The molecule has 1 saturated heterocycles. The number of anilines is 1. The van der Waals surface area contributed by atoms with E-state index in [4.69, 9.17) is 29.5 Å². The van der Waals surface area contributed by atoms with Gasteiger partial charge in [0.15, 0.2) is 0 Å². The van der Waals surface area contributed by atoms with E-state index >= 15 is 0 Å². The number of aliphatic hydroxyl groups is 1. The van der Waals surface area contributed by atoms with Crippen molar-refractivity contribution < 1.29 is 5.11 Å². The number of aliphatic hydroxyl groups excluding tert-OH is 1. The van der Waals surface area contributed by atoms with Crippen molar-refractivity contribution in [3.8, 4) is 0 Å². The zero-order valence-corrected chi connectivity index (χ0v) is 16.1. The Labute approximate surface area is 152 Å². The largest absolute Gasteiger partial charge is 0.395 e. The fraction of sp³-hybridized carbons (Fsp3) is 0.286. The zero-order valence-electron chi connectivity index (χ0n) is 12.0. The Morgan fingerprint density at radius 3 is 2.59 bits per heavy atom. The Hall–Kier alpha value is -0.510. The second-order valence-electron chi connectivity index (χ2n) is 4.85. The fourth-order valence-corrected chi connectivity index (χ4v) is 6.02. The molecule has 116 valence electrons. The summed E-state index contributed by atoms with van der Waals surface area (Å²) >= 11 is 15.7. The van der Waals surface area contributed by atoms with Crippen molar-refractivity contribution in [2.75, 3.05) is 32.1 Å². The van der Waals surface area contributed by atoms with Crippen molar-refractivity contribution in [1.29, 1.82) is 0 Å². The van der Waals surface area contributed by atoms with Crippen LogP contribution in [-0.2, 0) is 0 Å². The third-order valence-corrected chi connectivity index (χ3v) is 7.77. The third-order valence-electron chi connectivity index (χ3n) is 3.28. The van der Waals surface area contributed by atoms with Gasteiger partial charge in [0.1, 0.15) is 9.31 Å². The van der Waals surface area contributed by atoms with Crippen LogP contribution in [0.2, 0.25) is 0 Å². The minimum Gasteiger partial charge on any atom is -0.395 e. The molecular formula is C14H14N2OS5. The first-order valence-electron chi connectivity index (χ1n) is 6.56. The molecule has 1 fully saturated rings. The number of thiophene rings is 2. The summed E-state index contributed by atoms with van der Waals surface area (Å²) in [6.45, 7) is 0.820. The molecule has 0 aromatic carbocycles. The van der Waals surface area contributed by atoms with Crippen LogP contribution in [0.1, 0.15) is 4.88 Å². The fourth-order valence-electron chi connectivity index (χ4n) is 2.04. The molecule has 0 aliphatic carbocycles. The molecule has 2 aromatic rings. The van der Waals surface area contributed by atoms with Gasteiger partial charge in [-0.05, 0) is 18.2 Å². The van der Waals surface area contributed by atoms with Crippen molar-refractivity contribution in [3.63, 3.8) is 0 Å². The highest BCUT2D eigenvalue weighted by molar-refractivity contribution is 8.27. The van der Waals surface area contributed by atoms with Crippen LogP contribution in [0.15, 0.2) is 17.0 Å². The molecule has 0 bridgehead atoms. The van der Waals surface area contributed by atoms with E-state index in [1.54, 1.807) is 34.4 Å².